The predicted molar refractivity (Wildman–Crippen MR) is 75.4 cm³/mol. The average molecular weight is 263 g/mol. The van der Waals surface area contributed by atoms with Crippen LogP contribution in [0.15, 0.2) is 20.2 Å². The Labute approximate surface area is 109 Å². The number of nitrogens with zero attached hydrogens (tertiary/aromatic N) is 4. The van der Waals surface area contributed by atoms with Crippen molar-refractivity contribution in [2.45, 2.75) is 38.8 Å². The number of hydrogen-bond acceptors (Lipinski definition) is 4. The number of azo groups is 1. The van der Waals surface area contributed by atoms with Crippen molar-refractivity contribution in [3.05, 3.63) is 0 Å². The maximum atomic E-state index is 5.72. The maximum absolute atomic E-state index is 5.72. The third kappa shape index (κ3) is 5.12. The summed E-state index contributed by atoms with van der Waals surface area (Å²) in [6, 6.07) is 0. The molecule has 0 aliphatic heterocycles. The van der Waals surface area contributed by atoms with Gasteiger partial charge in [-0.25, -0.2) is 0 Å². The molecule has 0 radical (unpaired) electrons. The molecular weight excluding hydrogens is 240 g/mol. The van der Waals surface area contributed by atoms with Crippen LogP contribution in [0.2, 0.25) is 0 Å². The molecule has 0 aromatic heterocycles. The molecule has 0 saturated heterocycles. The third-order valence-corrected chi connectivity index (χ3v) is 2.29. The van der Waals surface area contributed by atoms with Crippen LogP contribution in [0.1, 0.15) is 27.7 Å². The lowest BCUT2D eigenvalue weighted by atomic mass is 10.0. The van der Waals surface area contributed by atoms with E-state index in [1.165, 1.54) is 0 Å². The Morgan fingerprint density at radius 3 is 1.18 bits per heavy atom. The molecule has 0 heterocycles. The first kappa shape index (κ1) is 18.2. The number of hydrogen-bond donors (Lipinski definition) is 2. The van der Waals surface area contributed by atoms with E-state index in [9.17, 15) is 0 Å². The Hall–Kier alpha value is -1.17. The van der Waals surface area contributed by atoms with Crippen molar-refractivity contribution in [3.8, 4) is 0 Å². The van der Waals surface area contributed by atoms with Crippen LogP contribution in [-0.2, 0) is 0 Å². The van der Waals surface area contributed by atoms with Gasteiger partial charge in [-0.2, -0.15) is 10.2 Å². The maximum Gasteiger partial charge on any atom is 0.132 e. The van der Waals surface area contributed by atoms with Gasteiger partial charge in [0.05, 0.1) is 0 Å². The van der Waals surface area contributed by atoms with E-state index in [1.54, 1.807) is 14.1 Å². The van der Waals surface area contributed by atoms with Crippen molar-refractivity contribution in [2.24, 2.45) is 31.7 Å². The molecule has 7 heteroatoms. The highest BCUT2D eigenvalue weighted by molar-refractivity contribution is 5.90. The summed E-state index contributed by atoms with van der Waals surface area (Å²) in [7, 11) is 3.25. The van der Waals surface area contributed by atoms with E-state index in [2.05, 4.69) is 20.2 Å². The van der Waals surface area contributed by atoms with E-state index in [0.29, 0.717) is 11.7 Å². The molecule has 4 N–H and O–H groups in total. The molecule has 0 aliphatic rings. The van der Waals surface area contributed by atoms with Gasteiger partial charge in [-0.15, -0.1) is 12.4 Å². The summed E-state index contributed by atoms with van der Waals surface area (Å²) in [6.45, 7) is 7.37. The first-order chi connectivity index (χ1) is 7.17. The fourth-order valence-electron chi connectivity index (χ4n) is 0.900. The first-order valence-electron chi connectivity index (χ1n) is 5.07. The molecule has 0 bridgehead atoms. The zero-order chi connectivity index (χ0) is 13.0. The van der Waals surface area contributed by atoms with Gasteiger partial charge in [-0.3, -0.25) is 9.98 Å². The topological polar surface area (TPSA) is 101 Å². The van der Waals surface area contributed by atoms with E-state index >= 15 is 0 Å². The summed E-state index contributed by atoms with van der Waals surface area (Å²) in [4.78, 5) is 7.81. The van der Waals surface area contributed by atoms with Gasteiger partial charge in [-0.1, -0.05) is 0 Å². The van der Waals surface area contributed by atoms with Gasteiger partial charge in [0.1, 0.15) is 22.7 Å². The highest BCUT2D eigenvalue weighted by atomic mass is 35.5. The minimum absolute atomic E-state index is 0. The van der Waals surface area contributed by atoms with E-state index < -0.39 is 11.1 Å². The molecule has 0 unspecified atom stereocenters. The quantitative estimate of drug-likeness (QED) is 0.454. The van der Waals surface area contributed by atoms with Crippen LogP contribution in [0.5, 0.6) is 0 Å². The van der Waals surface area contributed by atoms with Crippen LogP contribution in [0.3, 0.4) is 0 Å². The Balaban J connectivity index is 0. The summed E-state index contributed by atoms with van der Waals surface area (Å²) in [5, 5.41) is 8.35. The zero-order valence-electron chi connectivity index (χ0n) is 11.4. The molecule has 0 spiro atoms. The molecule has 0 saturated carbocycles. The first-order valence-corrected chi connectivity index (χ1v) is 5.07. The van der Waals surface area contributed by atoms with Crippen LogP contribution in [0, 0.1) is 0 Å². The van der Waals surface area contributed by atoms with Gasteiger partial charge in [0.25, 0.3) is 0 Å². The normalized spacial score (nSPS) is 14.9. The monoisotopic (exact) mass is 262 g/mol. The number of aliphatic imine (C=N–C) groups is 2. The molecule has 0 fully saturated rings. The Bertz CT molecular complexity index is 298. The van der Waals surface area contributed by atoms with Gasteiger partial charge in [0.2, 0.25) is 0 Å². The number of rotatable bonds is 4. The molecule has 0 rings (SSSR count). The molecule has 100 valence electrons. The third-order valence-electron chi connectivity index (χ3n) is 2.29. The molecule has 0 amide bonds. The second-order valence-corrected chi connectivity index (χ2v) is 4.54. The second kappa shape index (κ2) is 6.54. The number of amidine groups is 2. The largest absolute Gasteiger partial charge is 0.385 e. The van der Waals surface area contributed by atoms with Crippen LogP contribution >= 0.6 is 12.4 Å². The summed E-state index contributed by atoms with van der Waals surface area (Å²) in [5.74, 6) is 0.859. The van der Waals surface area contributed by atoms with E-state index in [1.807, 2.05) is 27.7 Å². The molecular formula is C10H23ClN6. The van der Waals surface area contributed by atoms with Gasteiger partial charge >= 0.3 is 0 Å². The summed E-state index contributed by atoms with van der Waals surface area (Å²) in [6.07, 6.45) is 0. The molecule has 0 aromatic carbocycles. The van der Waals surface area contributed by atoms with E-state index in [4.69, 9.17) is 11.5 Å². The molecule has 17 heavy (non-hydrogen) atoms. The molecule has 6 nitrogen and oxygen atoms in total. The Morgan fingerprint density at radius 1 is 0.765 bits per heavy atom. The van der Waals surface area contributed by atoms with Crippen LogP contribution in [0.4, 0.5) is 0 Å². The van der Waals surface area contributed by atoms with E-state index in [0.717, 1.165) is 0 Å². The van der Waals surface area contributed by atoms with Gasteiger partial charge in [0, 0.05) is 14.1 Å². The lowest BCUT2D eigenvalue weighted by molar-refractivity contribution is 0.559. The molecule has 0 aromatic rings. The van der Waals surface area contributed by atoms with Crippen molar-refractivity contribution in [1.82, 2.24) is 0 Å². The van der Waals surface area contributed by atoms with Crippen LogP contribution in [0.25, 0.3) is 0 Å². The Morgan fingerprint density at radius 2 is 1.00 bits per heavy atom. The minimum Gasteiger partial charge on any atom is -0.385 e. The smallest absolute Gasteiger partial charge is 0.132 e. The fraction of sp³-hybridized carbons (Fsp3) is 0.800. The van der Waals surface area contributed by atoms with Gasteiger partial charge in [0.15, 0.2) is 0 Å². The minimum atomic E-state index is -0.625. The zero-order valence-corrected chi connectivity index (χ0v) is 12.2. The molecule has 0 aliphatic carbocycles. The van der Waals surface area contributed by atoms with Crippen molar-refractivity contribution >= 4 is 24.1 Å². The number of nitrogens with two attached hydrogens (primary N) is 2. The van der Waals surface area contributed by atoms with Crippen molar-refractivity contribution in [3.63, 3.8) is 0 Å². The van der Waals surface area contributed by atoms with Crippen LogP contribution < -0.4 is 11.5 Å². The van der Waals surface area contributed by atoms with Crippen molar-refractivity contribution < 1.29 is 0 Å². The lowest BCUT2D eigenvalue weighted by Gasteiger charge is -2.22. The van der Waals surface area contributed by atoms with Gasteiger partial charge < -0.3 is 11.5 Å². The SMILES string of the molecule is CN=C(N)C(C)(C)N=NC(C)(C)C(N)=NC.Cl. The van der Waals surface area contributed by atoms with Crippen LogP contribution in [-0.4, -0.2) is 36.8 Å². The van der Waals surface area contributed by atoms with Gasteiger partial charge in [-0.05, 0) is 27.7 Å². The standard InChI is InChI=1S/C10H22N6.ClH/c1-9(2,7(11)13-5)15-16-10(3,4)8(12)14-6;/h1-6H3,(H2,11,13)(H2,12,14);1H. The highest BCUT2D eigenvalue weighted by Gasteiger charge is 2.26. The molecule has 0 atom stereocenters. The Kier molecular flexibility index (Phi) is 7.00. The second-order valence-electron chi connectivity index (χ2n) is 4.54. The fourth-order valence-corrected chi connectivity index (χ4v) is 0.900. The van der Waals surface area contributed by atoms with E-state index in [-0.39, 0.29) is 12.4 Å². The predicted octanol–water partition coefficient (Wildman–Crippen LogP) is 1.39. The van der Waals surface area contributed by atoms with Crippen molar-refractivity contribution in [1.29, 1.82) is 0 Å². The summed E-state index contributed by atoms with van der Waals surface area (Å²) in [5.41, 5.74) is 10.2. The lowest BCUT2D eigenvalue weighted by Crippen LogP contribution is -2.39. The van der Waals surface area contributed by atoms with Crippen molar-refractivity contribution in [2.75, 3.05) is 14.1 Å². The average Bonchev–Trinajstić information content (AvgIpc) is 2.24. The summed E-state index contributed by atoms with van der Waals surface area (Å²) >= 11 is 0. The summed E-state index contributed by atoms with van der Waals surface area (Å²) < 4.78 is 0. The number of halogens is 1. The highest BCUT2D eigenvalue weighted by Crippen LogP contribution is 2.16.